The Balaban J connectivity index is 1.57. The third-order valence-corrected chi connectivity index (χ3v) is 6.90. The lowest BCUT2D eigenvalue weighted by molar-refractivity contribution is 0.0751. The van der Waals surface area contributed by atoms with E-state index in [0.29, 0.717) is 6.54 Å². The van der Waals surface area contributed by atoms with Gasteiger partial charge in [0.05, 0.1) is 23.8 Å². The van der Waals surface area contributed by atoms with Crippen LogP contribution in [0.2, 0.25) is 0 Å². The van der Waals surface area contributed by atoms with E-state index < -0.39 is 0 Å². The normalized spacial score (nSPS) is 14.1. The monoisotopic (exact) mass is 479 g/mol. The highest BCUT2D eigenvalue weighted by atomic mass is 16.3. The van der Waals surface area contributed by atoms with Crippen molar-refractivity contribution in [3.05, 3.63) is 47.9 Å². The predicted molar refractivity (Wildman–Crippen MR) is 142 cm³/mol. The van der Waals surface area contributed by atoms with E-state index in [2.05, 4.69) is 28.6 Å². The number of hydrogen-bond acceptors (Lipinski definition) is 5. The Labute approximate surface area is 209 Å². The Kier molecular flexibility index (Phi) is 9.23. The molecule has 1 aromatic carbocycles. The van der Waals surface area contributed by atoms with Gasteiger partial charge in [-0.05, 0) is 82.1 Å². The Morgan fingerprint density at radius 2 is 1.83 bits per heavy atom. The smallest absolute Gasteiger partial charge is 0.253 e. The van der Waals surface area contributed by atoms with Gasteiger partial charge in [0, 0.05) is 25.2 Å². The topological polar surface area (TPSA) is 66.5 Å². The highest BCUT2D eigenvalue weighted by molar-refractivity contribution is 5.97. The minimum absolute atomic E-state index is 0.128. The fourth-order valence-corrected chi connectivity index (χ4v) is 4.85. The van der Waals surface area contributed by atoms with Crippen LogP contribution >= 0.6 is 0 Å². The number of likely N-dealkylation sites (tertiary alicyclic amines) is 1. The fourth-order valence-electron chi connectivity index (χ4n) is 4.85. The molecule has 1 saturated heterocycles. The molecule has 1 fully saturated rings. The third kappa shape index (κ3) is 6.66. The molecule has 0 unspecified atom stereocenters. The lowest BCUT2D eigenvalue weighted by Crippen LogP contribution is -2.33. The predicted octanol–water partition coefficient (Wildman–Crippen LogP) is 5.77. The van der Waals surface area contributed by atoms with Crippen molar-refractivity contribution in [1.29, 1.82) is 0 Å². The number of furan rings is 1. The summed E-state index contributed by atoms with van der Waals surface area (Å²) in [6.07, 6.45) is 9.60. The summed E-state index contributed by atoms with van der Waals surface area (Å²) in [4.78, 5) is 22.9. The van der Waals surface area contributed by atoms with Crippen LogP contribution in [0.3, 0.4) is 0 Å². The van der Waals surface area contributed by atoms with Crippen molar-refractivity contribution in [2.24, 2.45) is 0 Å². The van der Waals surface area contributed by atoms with Gasteiger partial charge in [0.1, 0.15) is 5.76 Å². The molecule has 1 amide bonds. The zero-order chi connectivity index (χ0) is 24.5. The first-order chi connectivity index (χ1) is 17.2. The molecule has 35 heavy (non-hydrogen) atoms. The summed E-state index contributed by atoms with van der Waals surface area (Å²) in [6, 6.07) is 9.84. The van der Waals surface area contributed by atoms with Crippen LogP contribution in [0, 0.1) is 0 Å². The second-order valence-corrected chi connectivity index (χ2v) is 9.63. The number of hydrogen-bond donors (Lipinski definition) is 1. The minimum atomic E-state index is 0.128. The van der Waals surface area contributed by atoms with E-state index in [0.717, 1.165) is 86.6 Å². The standard InChI is InChI=1S/C28H41N5O2/c1-3-5-17-32(18-6-4-2)27(34)23-12-13-25-26(21-23)33(19-10-16-31-14-7-8-15-31)28(30-25)29-22-24-11-9-20-35-24/h9,11-13,20-21H,3-8,10,14-19,22H2,1-2H3,(H,29,30). The van der Waals surface area contributed by atoms with Crippen LogP contribution in [0.4, 0.5) is 5.95 Å². The van der Waals surface area contributed by atoms with E-state index in [4.69, 9.17) is 9.40 Å². The van der Waals surface area contributed by atoms with Gasteiger partial charge in [-0.2, -0.15) is 0 Å². The lowest BCUT2D eigenvalue weighted by Gasteiger charge is -2.22. The quantitative estimate of drug-likeness (QED) is 0.318. The summed E-state index contributed by atoms with van der Waals surface area (Å²) in [5.41, 5.74) is 2.69. The molecule has 0 atom stereocenters. The highest BCUT2D eigenvalue weighted by Gasteiger charge is 2.19. The Morgan fingerprint density at radius 1 is 1.06 bits per heavy atom. The largest absolute Gasteiger partial charge is 0.467 e. The van der Waals surface area contributed by atoms with Gasteiger partial charge in [-0.1, -0.05) is 26.7 Å². The molecule has 1 aliphatic heterocycles. The van der Waals surface area contributed by atoms with E-state index in [1.165, 1.54) is 25.9 Å². The number of aryl methyl sites for hydroxylation is 1. The molecule has 0 radical (unpaired) electrons. The minimum Gasteiger partial charge on any atom is -0.467 e. The Morgan fingerprint density at radius 3 is 2.51 bits per heavy atom. The SMILES string of the molecule is CCCCN(CCCC)C(=O)c1ccc2nc(NCc3ccco3)n(CCCN3CCCC3)c2c1. The maximum Gasteiger partial charge on any atom is 0.253 e. The molecular formula is C28H41N5O2. The number of nitrogens with one attached hydrogen (secondary N) is 1. The number of benzene rings is 1. The summed E-state index contributed by atoms with van der Waals surface area (Å²) in [5.74, 6) is 1.83. The van der Waals surface area contributed by atoms with E-state index in [9.17, 15) is 4.79 Å². The molecule has 3 heterocycles. The van der Waals surface area contributed by atoms with Crippen LogP contribution < -0.4 is 5.32 Å². The molecule has 7 nitrogen and oxygen atoms in total. The van der Waals surface area contributed by atoms with Gasteiger partial charge >= 0.3 is 0 Å². The molecular weight excluding hydrogens is 438 g/mol. The second-order valence-electron chi connectivity index (χ2n) is 9.63. The van der Waals surface area contributed by atoms with Crippen LogP contribution in [0.15, 0.2) is 41.0 Å². The van der Waals surface area contributed by atoms with Crippen molar-refractivity contribution in [1.82, 2.24) is 19.4 Å². The molecule has 2 aromatic heterocycles. The molecule has 0 aliphatic carbocycles. The van der Waals surface area contributed by atoms with Crippen molar-refractivity contribution in [3.63, 3.8) is 0 Å². The Hall–Kier alpha value is -2.80. The van der Waals surface area contributed by atoms with Gasteiger partial charge in [-0.15, -0.1) is 0 Å². The average Bonchev–Trinajstić information content (AvgIpc) is 3.64. The van der Waals surface area contributed by atoms with Crippen LogP contribution in [0.25, 0.3) is 11.0 Å². The number of rotatable bonds is 14. The molecule has 0 bridgehead atoms. The highest BCUT2D eigenvalue weighted by Crippen LogP contribution is 2.24. The van der Waals surface area contributed by atoms with Gasteiger partial charge in [-0.25, -0.2) is 4.98 Å². The van der Waals surface area contributed by atoms with Crippen molar-refractivity contribution < 1.29 is 9.21 Å². The van der Waals surface area contributed by atoms with Crippen LogP contribution in [0.1, 0.15) is 74.9 Å². The van der Waals surface area contributed by atoms with Gasteiger partial charge < -0.3 is 24.1 Å². The number of nitrogens with zero attached hydrogens (tertiary/aromatic N) is 4. The third-order valence-electron chi connectivity index (χ3n) is 6.90. The van der Waals surface area contributed by atoms with E-state index >= 15 is 0 Å². The first-order valence-corrected chi connectivity index (χ1v) is 13.5. The summed E-state index contributed by atoms with van der Waals surface area (Å²) < 4.78 is 7.75. The van der Waals surface area contributed by atoms with E-state index in [1.807, 2.05) is 35.2 Å². The number of anilines is 1. The Bertz CT molecular complexity index is 1040. The van der Waals surface area contributed by atoms with E-state index in [1.54, 1.807) is 6.26 Å². The van der Waals surface area contributed by atoms with Crippen LogP contribution in [-0.4, -0.2) is 58.0 Å². The fraction of sp³-hybridized carbons (Fsp3) is 0.571. The summed E-state index contributed by atoms with van der Waals surface area (Å²) >= 11 is 0. The second kappa shape index (κ2) is 12.8. The number of carbonyl (C=O) groups is 1. The lowest BCUT2D eigenvalue weighted by atomic mass is 10.1. The summed E-state index contributed by atoms with van der Waals surface area (Å²) in [6.45, 7) is 10.9. The average molecular weight is 480 g/mol. The molecule has 1 aliphatic rings. The zero-order valence-electron chi connectivity index (χ0n) is 21.5. The summed E-state index contributed by atoms with van der Waals surface area (Å²) in [5, 5.41) is 3.46. The molecule has 190 valence electrons. The number of carbonyl (C=O) groups excluding carboxylic acids is 1. The van der Waals surface area contributed by atoms with Gasteiger partial charge in [-0.3, -0.25) is 4.79 Å². The summed E-state index contributed by atoms with van der Waals surface area (Å²) in [7, 11) is 0. The van der Waals surface area contributed by atoms with Gasteiger partial charge in [0.2, 0.25) is 5.95 Å². The van der Waals surface area contributed by atoms with Gasteiger partial charge in [0.15, 0.2) is 0 Å². The van der Waals surface area contributed by atoms with Crippen molar-refractivity contribution in [3.8, 4) is 0 Å². The maximum absolute atomic E-state index is 13.4. The molecule has 7 heteroatoms. The number of unbranched alkanes of at least 4 members (excludes halogenated alkanes) is 2. The first-order valence-electron chi connectivity index (χ1n) is 13.5. The molecule has 0 spiro atoms. The molecule has 3 aromatic rings. The number of fused-ring (bicyclic) bond motifs is 1. The number of imidazole rings is 1. The molecule has 1 N–H and O–H groups in total. The van der Waals surface area contributed by atoms with Crippen LogP contribution in [0.5, 0.6) is 0 Å². The van der Waals surface area contributed by atoms with Gasteiger partial charge in [0.25, 0.3) is 5.91 Å². The number of amides is 1. The van der Waals surface area contributed by atoms with Crippen molar-refractivity contribution in [2.75, 3.05) is 38.0 Å². The van der Waals surface area contributed by atoms with Crippen molar-refractivity contribution in [2.45, 2.75) is 71.9 Å². The van der Waals surface area contributed by atoms with E-state index in [-0.39, 0.29) is 5.91 Å². The molecule has 4 rings (SSSR count). The van der Waals surface area contributed by atoms with Crippen molar-refractivity contribution >= 4 is 22.9 Å². The number of aromatic nitrogens is 2. The molecule has 0 saturated carbocycles. The maximum atomic E-state index is 13.4. The first kappa shape index (κ1) is 25.3. The van der Waals surface area contributed by atoms with Crippen LogP contribution in [-0.2, 0) is 13.1 Å². The zero-order valence-corrected chi connectivity index (χ0v) is 21.5.